The lowest BCUT2D eigenvalue weighted by molar-refractivity contribution is 0.669. The second kappa shape index (κ2) is 12.4. The van der Waals surface area contributed by atoms with Crippen LogP contribution < -0.4 is 0 Å². The van der Waals surface area contributed by atoms with E-state index in [0.717, 1.165) is 82.7 Å². The molecule has 7 aromatic carbocycles. The first-order valence-corrected chi connectivity index (χ1v) is 17.8. The summed E-state index contributed by atoms with van der Waals surface area (Å²) in [7, 11) is 0. The van der Waals surface area contributed by atoms with Gasteiger partial charge in [-0.05, 0) is 37.6 Å². The van der Waals surface area contributed by atoms with Crippen LogP contribution in [-0.4, -0.2) is 19.9 Å². The van der Waals surface area contributed by atoms with Gasteiger partial charge in [0.1, 0.15) is 11.2 Å². The van der Waals surface area contributed by atoms with Gasteiger partial charge in [0.05, 0.1) is 11.2 Å². The molecule has 0 amide bonds. The van der Waals surface area contributed by atoms with Gasteiger partial charge in [-0.1, -0.05) is 151 Å². The summed E-state index contributed by atoms with van der Waals surface area (Å²) in [6, 6.07) is 54.5. The molecule has 0 aliphatic carbocycles. The molecule has 0 N–H and O–H groups in total. The lowest BCUT2D eigenvalue weighted by Gasteiger charge is -2.16. The van der Waals surface area contributed by atoms with Crippen molar-refractivity contribution in [2.75, 3.05) is 0 Å². The Bertz CT molecular complexity index is 2920. The van der Waals surface area contributed by atoms with Gasteiger partial charge in [0.2, 0.25) is 0 Å². The van der Waals surface area contributed by atoms with Crippen molar-refractivity contribution in [2.45, 2.75) is 13.8 Å². The molecule has 0 saturated heterocycles. The molecule has 0 spiro atoms. The summed E-state index contributed by atoms with van der Waals surface area (Å²) in [5.41, 5.74) is 12.0. The van der Waals surface area contributed by atoms with E-state index in [2.05, 4.69) is 159 Å². The number of furan rings is 1. The molecule has 0 unspecified atom stereocenters. The fraction of sp³-hybridized carbons (Fsp3) is 0.0417. The maximum atomic E-state index is 6.56. The number of hydrogen-bond acceptors (Lipinski definition) is 5. The van der Waals surface area contributed by atoms with Crippen LogP contribution in [-0.2, 0) is 0 Å². The first-order valence-electron chi connectivity index (χ1n) is 17.8. The van der Waals surface area contributed by atoms with E-state index in [9.17, 15) is 0 Å². The van der Waals surface area contributed by atoms with E-state index < -0.39 is 0 Å². The van der Waals surface area contributed by atoms with Gasteiger partial charge in [0, 0.05) is 54.7 Å². The van der Waals surface area contributed by atoms with Crippen LogP contribution in [0.2, 0.25) is 0 Å². The molecule has 0 fully saturated rings. The van der Waals surface area contributed by atoms with Gasteiger partial charge in [-0.15, -0.1) is 0 Å². The maximum Gasteiger partial charge on any atom is 0.164 e. The number of aryl methyl sites for hydroxylation is 2. The van der Waals surface area contributed by atoms with Gasteiger partial charge < -0.3 is 4.42 Å². The van der Waals surface area contributed by atoms with Crippen LogP contribution in [0.25, 0.3) is 100 Å². The Hall–Kier alpha value is -6.98. The molecule has 10 rings (SSSR count). The smallest absolute Gasteiger partial charge is 0.164 e. The summed E-state index contributed by atoms with van der Waals surface area (Å²) in [6.45, 7) is 4.16. The van der Waals surface area contributed by atoms with Crippen molar-refractivity contribution in [2.24, 2.45) is 0 Å². The SMILES string of the molecule is Cc1ccc(-c2nc(-c3ccc(C)cc3)nc(-c3ccc(-c4nc5ccccc5c5c(-c6ccccc6)c6c(cc45)oc4ccccc46)cc3)n2)cc1. The Morgan fingerprint density at radius 3 is 1.51 bits per heavy atom. The maximum absolute atomic E-state index is 6.56. The fourth-order valence-electron chi connectivity index (χ4n) is 7.38. The molecule has 5 nitrogen and oxygen atoms in total. The van der Waals surface area contributed by atoms with Gasteiger partial charge in [-0.3, -0.25) is 0 Å². The molecule has 10 aromatic rings. The predicted octanol–water partition coefficient (Wildman–Crippen LogP) is 12.4. The zero-order chi connectivity index (χ0) is 35.5. The van der Waals surface area contributed by atoms with Gasteiger partial charge in [0.15, 0.2) is 17.5 Å². The summed E-state index contributed by atoms with van der Waals surface area (Å²) in [5, 5.41) is 5.50. The first-order chi connectivity index (χ1) is 26.1. The minimum absolute atomic E-state index is 0.615. The van der Waals surface area contributed by atoms with Crippen molar-refractivity contribution in [3.8, 4) is 56.5 Å². The Morgan fingerprint density at radius 1 is 0.377 bits per heavy atom. The van der Waals surface area contributed by atoms with Crippen LogP contribution in [0.1, 0.15) is 11.1 Å². The number of para-hydroxylation sites is 2. The first kappa shape index (κ1) is 30.8. The predicted molar refractivity (Wildman–Crippen MR) is 217 cm³/mol. The number of pyridine rings is 1. The van der Waals surface area contributed by atoms with Crippen LogP contribution >= 0.6 is 0 Å². The number of fused-ring (bicyclic) bond motifs is 6. The highest BCUT2D eigenvalue weighted by molar-refractivity contribution is 6.27. The van der Waals surface area contributed by atoms with E-state index in [1.165, 1.54) is 11.1 Å². The van der Waals surface area contributed by atoms with Crippen LogP contribution in [0.3, 0.4) is 0 Å². The quantitative estimate of drug-likeness (QED) is 0.169. The van der Waals surface area contributed by atoms with Crippen molar-refractivity contribution < 1.29 is 4.42 Å². The standard InChI is InChI=1S/C48H32N4O/c1-29-16-20-33(21-17-29)46-50-47(34-22-18-30(2)19-23-34)52-48(51-46)35-26-24-32(25-27-35)45-38-28-41-44(37-13-7-9-15-40(37)53-41)42(31-10-4-3-5-11-31)43(38)36-12-6-8-14-39(36)49-45/h3-28H,1-2H3. The molecule has 53 heavy (non-hydrogen) atoms. The zero-order valence-electron chi connectivity index (χ0n) is 29.2. The molecule has 3 aromatic heterocycles. The van der Waals surface area contributed by atoms with Crippen LogP contribution in [0.5, 0.6) is 0 Å². The summed E-state index contributed by atoms with van der Waals surface area (Å²) in [6.07, 6.45) is 0. The number of rotatable bonds is 5. The second-order valence-electron chi connectivity index (χ2n) is 13.6. The van der Waals surface area contributed by atoms with Crippen molar-refractivity contribution in [3.05, 3.63) is 169 Å². The van der Waals surface area contributed by atoms with Crippen molar-refractivity contribution in [1.29, 1.82) is 0 Å². The molecule has 0 radical (unpaired) electrons. The van der Waals surface area contributed by atoms with Crippen molar-refractivity contribution in [3.63, 3.8) is 0 Å². The Balaban J connectivity index is 1.18. The van der Waals surface area contributed by atoms with Gasteiger partial charge in [-0.2, -0.15) is 0 Å². The largest absolute Gasteiger partial charge is 0.456 e. The number of hydrogen-bond donors (Lipinski definition) is 0. The topological polar surface area (TPSA) is 64.7 Å². The third-order valence-electron chi connectivity index (χ3n) is 10.1. The monoisotopic (exact) mass is 680 g/mol. The third-order valence-corrected chi connectivity index (χ3v) is 10.1. The molecule has 0 atom stereocenters. The minimum atomic E-state index is 0.615. The molecule has 0 saturated carbocycles. The highest BCUT2D eigenvalue weighted by Crippen LogP contribution is 2.46. The van der Waals surface area contributed by atoms with Gasteiger partial charge in [0.25, 0.3) is 0 Å². The number of aromatic nitrogens is 4. The highest BCUT2D eigenvalue weighted by atomic mass is 16.3. The molecule has 0 bridgehead atoms. The van der Waals surface area contributed by atoms with E-state index in [1.807, 2.05) is 12.1 Å². The van der Waals surface area contributed by atoms with E-state index in [4.69, 9.17) is 24.4 Å². The molecular weight excluding hydrogens is 649 g/mol. The van der Waals surface area contributed by atoms with Crippen molar-refractivity contribution >= 4 is 43.6 Å². The second-order valence-corrected chi connectivity index (χ2v) is 13.6. The number of benzene rings is 7. The average molecular weight is 681 g/mol. The normalized spacial score (nSPS) is 11.6. The lowest BCUT2D eigenvalue weighted by Crippen LogP contribution is -2.00. The highest BCUT2D eigenvalue weighted by Gasteiger charge is 2.22. The van der Waals surface area contributed by atoms with Gasteiger partial charge in [-0.25, -0.2) is 19.9 Å². The Morgan fingerprint density at radius 2 is 0.887 bits per heavy atom. The van der Waals surface area contributed by atoms with Crippen LogP contribution in [0, 0.1) is 13.8 Å². The van der Waals surface area contributed by atoms with Crippen LogP contribution in [0.4, 0.5) is 0 Å². The summed E-state index contributed by atoms with van der Waals surface area (Å²) in [5.74, 6) is 1.89. The van der Waals surface area contributed by atoms with E-state index >= 15 is 0 Å². The average Bonchev–Trinajstić information content (AvgIpc) is 3.59. The lowest BCUT2D eigenvalue weighted by atomic mass is 9.89. The minimum Gasteiger partial charge on any atom is -0.456 e. The van der Waals surface area contributed by atoms with E-state index in [1.54, 1.807) is 0 Å². The van der Waals surface area contributed by atoms with E-state index in [-0.39, 0.29) is 0 Å². The van der Waals surface area contributed by atoms with Crippen molar-refractivity contribution in [1.82, 2.24) is 19.9 Å². The number of nitrogens with zero attached hydrogens (tertiary/aromatic N) is 4. The molecular formula is C48H32N4O. The molecule has 250 valence electrons. The molecule has 5 heteroatoms. The fourth-order valence-corrected chi connectivity index (χ4v) is 7.38. The Labute approximate surface area is 306 Å². The summed E-state index contributed by atoms with van der Waals surface area (Å²) in [4.78, 5) is 20.2. The van der Waals surface area contributed by atoms with E-state index in [0.29, 0.717) is 17.5 Å². The Kier molecular flexibility index (Phi) is 7.18. The molecule has 3 heterocycles. The molecule has 0 aliphatic heterocycles. The van der Waals surface area contributed by atoms with Crippen LogP contribution in [0.15, 0.2) is 162 Å². The summed E-state index contributed by atoms with van der Waals surface area (Å²) >= 11 is 0. The summed E-state index contributed by atoms with van der Waals surface area (Å²) < 4.78 is 6.56. The van der Waals surface area contributed by atoms with Gasteiger partial charge >= 0.3 is 0 Å². The third kappa shape index (κ3) is 5.33. The molecule has 0 aliphatic rings. The zero-order valence-corrected chi connectivity index (χ0v) is 29.2.